The monoisotopic (exact) mass is 504 g/mol. The van der Waals surface area contributed by atoms with Gasteiger partial charge in [0.25, 0.3) is 15.9 Å². The molecule has 0 spiro atoms. The van der Waals surface area contributed by atoms with E-state index in [9.17, 15) is 13.2 Å². The number of anilines is 1. The molecule has 0 atom stereocenters. The lowest BCUT2D eigenvalue weighted by atomic mass is 10.1. The molecule has 0 radical (unpaired) electrons. The van der Waals surface area contributed by atoms with Gasteiger partial charge in [0.15, 0.2) is 0 Å². The molecular formula is C24H32N4O6S. The van der Waals surface area contributed by atoms with Crippen molar-refractivity contribution in [2.75, 3.05) is 37.4 Å². The third-order valence-electron chi connectivity index (χ3n) is 6.14. The molecule has 7 N–H and O–H groups in total. The Morgan fingerprint density at radius 1 is 0.914 bits per heavy atom. The van der Waals surface area contributed by atoms with E-state index in [1.807, 2.05) is 17.0 Å². The van der Waals surface area contributed by atoms with Gasteiger partial charge in [0.1, 0.15) is 4.90 Å². The van der Waals surface area contributed by atoms with Gasteiger partial charge in [-0.25, -0.2) is 8.42 Å². The molecule has 1 aliphatic heterocycles. The average Bonchev–Trinajstić information content (AvgIpc) is 3.63. The highest BCUT2D eigenvalue weighted by atomic mass is 32.2. The highest BCUT2D eigenvalue weighted by molar-refractivity contribution is 7.93. The standard InChI is InChI=1S/C24H26N4O3S.3H2O/c29-24(28-15-13-27(14-16-28)17-18-6-7-18)20-8-10-21(11-9-20)26-32(30,31)22-5-1-3-19-4-2-12-25-23(19)22;;;/h1-5,8-12,18,26H,6-7,13-17H2;3*1H2. The Morgan fingerprint density at radius 2 is 1.57 bits per heavy atom. The number of aromatic nitrogens is 1. The predicted molar refractivity (Wildman–Crippen MR) is 135 cm³/mol. The zero-order valence-corrected chi connectivity index (χ0v) is 20.1. The van der Waals surface area contributed by atoms with E-state index in [1.165, 1.54) is 12.8 Å². The molecule has 11 heteroatoms. The van der Waals surface area contributed by atoms with Gasteiger partial charge in [0.05, 0.1) is 5.52 Å². The maximum absolute atomic E-state index is 13.0. The topological polar surface area (TPSA) is 177 Å². The Bertz CT molecular complexity index is 1240. The first-order valence-corrected chi connectivity index (χ1v) is 12.5. The van der Waals surface area contributed by atoms with Crippen molar-refractivity contribution in [2.45, 2.75) is 17.7 Å². The van der Waals surface area contributed by atoms with Crippen LogP contribution < -0.4 is 4.72 Å². The summed E-state index contributed by atoms with van der Waals surface area (Å²) in [5.74, 6) is 0.849. The SMILES string of the molecule is O.O.O.O=C(c1ccc(NS(=O)(=O)c2cccc3cccnc23)cc1)N1CCN(CC2CC2)CC1. The zero-order valence-electron chi connectivity index (χ0n) is 19.3. The maximum atomic E-state index is 13.0. The fourth-order valence-corrected chi connectivity index (χ4v) is 5.40. The fraction of sp³-hybridized carbons (Fsp3) is 0.333. The summed E-state index contributed by atoms with van der Waals surface area (Å²) in [4.78, 5) is 21.5. The second-order valence-corrected chi connectivity index (χ2v) is 10.2. The van der Waals surface area contributed by atoms with Gasteiger partial charge >= 0.3 is 0 Å². The largest absolute Gasteiger partial charge is 0.412 e. The minimum absolute atomic E-state index is 0. The molecule has 5 rings (SSSR count). The van der Waals surface area contributed by atoms with Crippen LogP contribution in [0.25, 0.3) is 10.9 Å². The highest BCUT2D eigenvalue weighted by Gasteiger charge is 2.28. The number of para-hydroxylation sites is 1. The van der Waals surface area contributed by atoms with Crippen molar-refractivity contribution < 1.29 is 29.6 Å². The van der Waals surface area contributed by atoms with Crippen molar-refractivity contribution >= 4 is 32.5 Å². The highest BCUT2D eigenvalue weighted by Crippen LogP contribution is 2.30. The molecule has 2 fully saturated rings. The summed E-state index contributed by atoms with van der Waals surface area (Å²) in [5, 5.41) is 0.758. The molecule has 0 unspecified atom stereocenters. The van der Waals surface area contributed by atoms with E-state index in [0.29, 0.717) is 16.8 Å². The molecule has 2 aliphatic rings. The summed E-state index contributed by atoms with van der Waals surface area (Å²) in [5.41, 5.74) is 1.40. The maximum Gasteiger partial charge on any atom is 0.264 e. The minimum atomic E-state index is -3.82. The molecule has 0 bridgehead atoms. The van der Waals surface area contributed by atoms with Crippen molar-refractivity contribution in [3.05, 3.63) is 66.4 Å². The number of piperazine rings is 1. The Balaban J connectivity index is 0.00000144. The smallest absolute Gasteiger partial charge is 0.264 e. The number of sulfonamides is 1. The van der Waals surface area contributed by atoms with Crippen LogP contribution in [0.15, 0.2) is 65.7 Å². The van der Waals surface area contributed by atoms with E-state index in [0.717, 1.165) is 44.0 Å². The summed E-state index contributed by atoms with van der Waals surface area (Å²) >= 11 is 0. The van der Waals surface area contributed by atoms with Gasteiger partial charge in [-0.1, -0.05) is 18.2 Å². The summed E-state index contributed by atoms with van der Waals surface area (Å²) in [6.45, 7) is 4.45. The van der Waals surface area contributed by atoms with Gasteiger partial charge in [0.2, 0.25) is 0 Å². The van der Waals surface area contributed by atoms with E-state index >= 15 is 0 Å². The number of rotatable bonds is 6. The zero-order chi connectivity index (χ0) is 22.1. The molecule has 190 valence electrons. The van der Waals surface area contributed by atoms with Crippen molar-refractivity contribution in [1.29, 1.82) is 0 Å². The number of carbonyl (C=O) groups excluding carboxylic acids is 1. The van der Waals surface area contributed by atoms with Crippen LogP contribution in [-0.2, 0) is 10.0 Å². The van der Waals surface area contributed by atoms with Gasteiger partial charge in [-0.15, -0.1) is 0 Å². The number of benzene rings is 2. The number of fused-ring (bicyclic) bond motifs is 1. The number of carbonyl (C=O) groups is 1. The molecule has 1 saturated heterocycles. The summed E-state index contributed by atoms with van der Waals surface area (Å²) in [6, 6.07) is 15.3. The van der Waals surface area contributed by atoms with Gasteiger partial charge < -0.3 is 21.3 Å². The first-order valence-electron chi connectivity index (χ1n) is 11.0. The quantitative estimate of drug-likeness (QED) is 0.519. The predicted octanol–water partition coefficient (Wildman–Crippen LogP) is 0.729. The molecule has 1 aliphatic carbocycles. The van der Waals surface area contributed by atoms with Gasteiger partial charge in [-0.05, 0) is 55.2 Å². The Labute approximate surface area is 204 Å². The van der Waals surface area contributed by atoms with Crippen molar-refractivity contribution in [3.63, 3.8) is 0 Å². The first-order chi connectivity index (χ1) is 15.5. The molecule has 1 amide bonds. The van der Waals surface area contributed by atoms with Crippen LogP contribution in [0.1, 0.15) is 23.2 Å². The van der Waals surface area contributed by atoms with Crippen molar-refractivity contribution in [3.8, 4) is 0 Å². The van der Waals surface area contributed by atoms with Crippen molar-refractivity contribution in [2.24, 2.45) is 5.92 Å². The third-order valence-corrected chi connectivity index (χ3v) is 7.55. The molecule has 2 aromatic carbocycles. The summed E-state index contributed by atoms with van der Waals surface area (Å²) in [6.07, 6.45) is 4.26. The van der Waals surface area contributed by atoms with Crippen molar-refractivity contribution in [1.82, 2.24) is 14.8 Å². The number of hydrogen-bond donors (Lipinski definition) is 1. The second kappa shape index (κ2) is 11.6. The lowest BCUT2D eigenvalue weighted by Crippen LogP contribution is -2.49. The van der Waals surface area contributed by atoms with E-state index in [-0.39, 0.29) is 27.2 Å². The van der Waals surface area contributed by atoms with Gasteiger partial charge in [0, 0.05) is 55.6 Å². The van der Waals surface area contributed by atoms with Crippen LogP contribution in [0.4, 0.5) is 5.69 Å². The number of amides is 1. The van der Waals surface area contributed by atoms with E-state index in [2.05, 4.69) is 14.6 Å². The third kappa shape index (κ3) is 6.32. The van der Waals surface area contributed by atoms with Crippen LogP contribution in [0.2, 0.25) is 0 Å². The first kappa shape index (κ1) is 28.1. The number of hydrogen-bond acceptors (Lipinski definition) is 5. The number of pyridine rings is 1. The van der Waals surface area contributed by atoms with Crippen LogP contribution in [0.3, 0.4) is 0 Å². The number of nitrogens with one attached hydrogen (secondary N) is 1. The lowest BCUT2D eigenvalue weighted by molar-refractivity contribution is 0.0632. The minimum Gasteiger partial charge on any atom is -0.412 e. The normalized spacial score (nSPS) is 15.9. The Hall–Kier alpha value is -3.09. The summed E-state index contributed by atoms with van der Waals surface area (Å²) in [7, 11) is -3.82. The van der Waals surface area contributed by atoms with Crippen LogP contribution in [0, 0.1) is 5.92 Å². The second-order valence-electron chi connectivity index (χ2n) is 8.55. The summed E-state index contributed by atoms with van der Waals surface area (Å²) < 4.78 is 28.5. The number of nitrogens with zero attached hydrogens (tertiary/aromatic N) is 3. The lowest BCUT2D eigenvalue weighted by Gasteiger charge is -2.34. The molecular weight excluding hydrogens is 472 g/mol. The molecule has 3 aromatic rings. The average molecular weight is 505 g/mol. The van der Waals surface area contributed by atoms with E-state index < -0.39 is 10.0 Å². The van der Waals surface area contributed by atoms with Crippen LogP contribution in [0.5, 0.6) is 0 Å². The van der Waals surface area contributed by atoms with E-state index in [1.54, 1.807) is 48.7 Å². The Morgan fingerprint density at radius 3 is 2.23 bits per heavy atom. The van der Waals surface area contributed by atoms with Gasteiger partial charge in [-0.2, -0.15) is 0 Å². The Kier molecular flexibility index (Phi) is 9.30. The fourth-order valence-electron chi connectivity index (χ4n) is 4.17. The molecule has 2 heterocycles. The molecule has 35 heavy (non-hydrogen) atoms. The molecule has 1 saturated carbocycles. The molecule has 10 nitrogen and oxygen atoms in total. The van der Waals surface area contributed by atoms with E-state index in [4.69, 9.17) is 0 Å². The van der Waals surface area contributed by atoms with Crippen LogP contribution in [-0.4, -0.2) is 78.3 Å². The van der Waals surface area contributed by atoms with Crippen LogP contribution >= 0.6 is 0 Å². The molecule has 1 aromatic heterocycles. The van der Waals surface area contributed by atoms with Gasteiger partial charge in [-0.3, -0.25) is 19.4 Å².